The number of ketones is 2. The topological polar surface area (TPSA) is 115 Å². The zero-order valence-electron chi connectivity index (χ0n) is 10.8. The van der Waals surface area contributed by atoms with Crippen LogP contribution in [0.4, 0.5) is 5.69 Å². The number of benzene rings is 2. The number of carbonyl (C=O) groups excluding carboxylic acids is 2. The minimum Gasteiger partial charge on any atom is -0.397 e. The second kappa shape index (κ2) is 4.64. The van der Waals surface area contributed by atoms with Gasteiger partial charge in [0.1, 0.15) is 4.90 Å². The molecule has 0 atom stereocenters. The Labute approximate surface area is 130 Å². The molecule has 0 bridgehead atoms. The highest BCUT2D eigenvalue weighted by molar-refractivity contribution is 7.86. The van der Waals surface area contributed by atoms with Crippen LogP contribution in [0, 0.1) is 0 Å². The quantitative estimate of drug-likeness (QED) is 0.518. The summed E-state index contributed by atoms with van der Waals surface area (Å²) in [6, 6.07) is 7.14. The lowest BCUT2D eigenvalue weighted by Gasteiger charge is -2.20. The van der Waals surface area contributed by atoms with Crippen molar-refractivity contribution in [1.82, 2.24) is 0 Å². The number of hydrogen-bond donors (Lipinski definition) is 2. The van der Waals surface area contributed by atoms with E-state index in [-0.39, 0.29) is 22.3 Å². The first kappa shape index (κ1) is 14.7. The van der Waals surface area contributed by atoms with Gasteiger partial charge in [-0.15, -0.1) is 0 Å². The zero-order chi connectivity index (χ0) is 16.2. The minimum atomic E-state index is -4.74. The molecule has 0 amide bonds. The smallest absolute Gasteiger partial charge is 0.298 e. The van der Waals surface area contributed by atoms with Gasteiger partial charge in [0.2, 0.25) is 0 Å². The molecule has 0 radical (unpaired) electrons. The molecule has 3 rings (SSSR count). The summed E-state index contributed by atoms with van der Waals surface area (Å²) in [5, 5.41) is -0.417. The van der Waals surface area contributed by atoms with Gasteiger partial charge in [-0.05, 0) is 6.07 Å². The highest BCUT2D eigenvalue weighted by Crippen LogP contribution is 2.38. The summed E-state index contributed by atoms with van der Waals surface area (Å²) in [7, 11) is -4.74. The first-order valence-corrected chi connectivity index (χ1v) is 7.83. The Morgan fingerprint density at radius 3 is 2.09 bits per heavy atom. The van der Waals surface area contributed by atoms with E-state index in [1.165, 1.54) is 12.1 Å². The molecule has 1 aliphatic rings. The third kappa shape index (κ3) is 1.94. The second-order valence-corrected chi connectivity index (χ2v) is 6.47. The van der Waals surface area contributed by atoms with Crippen LogP contribution < -0.4 is 5.73 Å². The summed E-state index contributed by atoms with van der Waals surface area (Å²) in [6.45, 7) is 0. The Balaban J connectivity index is 2.42. The van der Waals surface area contributed by atoms with Gasteiger partial charge in [0.15, 0.2) is 11.6 Å². The largest absolute Gasteiger partial charge is 0.397 e. The fraction of sp³-hybridized carbons (Fsp3) is 0. The molecule has 0 heterocycles. The molecular weight excluding hydrogens is 330 g/mol. The number of nitrogen functional groups attached to an aromatic ring is 1. The molecule has 6 nitrogen and oxygen atoms in total. The molecule has 0 saturated carbocycles. The highest BCUT2D eigenvalue weighted by atomic mass is 35.5. The van der Waals surface area contributed by atoms with Gasteiger partial charge >= 0.3 is 0 Å². The van der Waals surface area contributed by atoms with E-state index < -0.39 is 37.3 Å². The Morgan fingerprint density at radius 2 is 1.55 bits per heavy atom. The molecule has 8 heteroatoms. The molecule has 0 unspecified atom stereocenters. The summed E-state index contributed by atoms with van der Waals surface area (Å²) < 4.78 is 32.0. The first-order chi connectivity index (χ1) is 10.2. The monoisotopic (exact) mass is 337 g/mol. The van der Waals surface area contributed by atoms with Gasteiger partial charge in [-0.2, -0.15) is 8.42 Å². The number of anilines is 1. The van der Waals surface area contributed by atoms with Gasteiger partial charge in [0.05, 0.1) is 16.3 Å². The number of nitrogens with two attached hydrogens (primary N) is 1. The lowest BCUT2D eigenvalue weighted by atomic mass is 9.83. The van der Waals surface area contributed by atoms with Crippen molar-refractivity contribution in [1.29, 1.82) is 0 Å². The molecule has 3 N–H and O–H groups in total. The van der Waals surface area contributed by atoms with Crippen molar-refractivity contribution in [2.45, 2.75) is 4.90 Å². The van der Waals surface area contributed by atoms with Gasteiger partial charge in [-0.3, -0.25) is 14.1 Å². The Morgan fingerprint density at radius 1 is 1.00 bits per heavy atom. The van der Waals surface area contributed by atoms with E-state index in [1.807, 2.05) is 0 Å². The normalized spacial score (nSPS) is 13.7. The van der Waals surface area contributed by atoms with Crippen molar-refractivity contribution in [2.75, 3.05) is 5.73 Å². The predicted octanol–water partition coefficient (Wildman–Crippen LogP) is 1.94. The molecule has 0 fully saturated rings. The van der Waals surface area contributed by atoms with Crippen LogP contribution in [-0.2, 0) is 10.1 Å². The SMILES string of the molecule is Nc1c2c(cc(Cl)c1S(=O)(=O)O)C(=O)c1ccccc1C2=O. The molecule has 22 heavy (non-hydrogen) atoms. The van der Waals surface area contributed by atoms with Gasteiger partial charge in [0.25, 0.3) is 10.1 Å². The first-order valence-electron chi connectivity index (χ1n) is 6.01. The molecule has 0 spiro atoms. The van der Waals surface area contributed by atoms with Gasteiger partial charge in [0, 0.05) is 16.7 Å². The van der Waals surface area contributed by atoms with Crippen molar-refractivity contribution < 1.29 is 22.6 Å². The summed E-state index contributed by atoms with van der Waals surface area (Å²) in [5.41, 5.74) is 5.14. The Kier molecular flexibility index (Phi) is 3.10. The maximum Gasteiger partial charge on any atom is 0.298 e. The molecule has 112 valence electrons. The average Bonchev–Trinajstić information content (AvgIpc) is 2.42. The summed E-state index contributed by atoms with van der Waals surface area (Å²) >= 11 is 5.81. The van der Waals surface area contributed by atoms with Crippen molar-refractivity contribution in [3.8, 4) is 0 Å². The van der Waals surface area contributed by atoms with Crippen LogP contribution in [0.1, 0.15) is 31.8 Å². The fourth-order valence-electron chi connectivity index (χ4n) is 2.50. The zero-order valence-corrected chi connectivity index (χ0v) is 12.4. The maximum absolute atomic E-state index is 12.5. The lowest BCUT2D eigenvalue weighted by Crippen LogP contribution is -2.23. The lowest BCUT2D eigenvalue weighted by molar-refractivity contribution is 0.0979. The number of carbonyl (C=O) groups is 2. The third-order valence-electron chi connectivity index (χ3n) is 3.42. The van der Waals surface area contributed by atoms with Crippen LogP contribution in [0.2, 0.25) is 5.02 Å². The Hall–Kier alpha value is -2.22. The highest BCUT2D eigenvalue weighted by Gasteiger charge is 2.35. The van der Waals surface area contributed by atoms with E-state index in [1.54, 1.807) is 12.1 Å². The van der Waals surface area contributed by atoms with E-state index >= 15 is 0 Å². The molecule has 0 aliphatic heterocycles. The van der Waals surface area contributed by atoms with Crippen molar-refractivity contribution in [3.05, 3.63) is 57.6 Å². The van der Waals surface area contributed by atoms with E-state index in [2.05, 4.69) is 0 Å². The molecule has 0 aromatic heterocycles. The molecule has 1 aliphatic carbocycles. The summed E-state index contributed by atoms with van der Waals surface area (Å²) in [4.78, 5) is 24.2. The van der Waals surface area contributed by atoms with Crippen LogP contribution in [-0.4, -0.2) is 24.5 Å². The second-order valence-electron chi connectivity index (χ2n) is 4.70. The average molecular weight is 338 g/mol. The van der Waals surface area contributed by atoms with Crippen LogP contribution >= 0.6 is 11.6 Å². The van der Waals surface area contributed by atoms with Gasteiger partial charge < -0.3 is 5.73 Å². The number of halogens is 1. The van der Waals surface area contributed by atoms with Crippen LogP contribution in [0.25, 0.3) is 0 Å². The van der Waals surface area contributed by atoms with Crippen LogP contribution in [0.5, 0.6) is 0 Å². The van der Waals surface area contributed by atoms with E-state index in [4.69, 9.17) is 17.3 Å². The van der Waals surface area contributed by atoms with E-state index in [0.29, 0.717) is 0 Å². The molecular formula is C14H8ClNO5S. The molecule has 2 aromatic carbocycles. The Bertz CT molecular complexity index is 965. The predicted molar refractivity (Wildman–Crippen MR) is 79.0 cm³/mol. The summed E-state index contributed by atoms with van der Waals surface area (Å²) in [6.07, 6.45) is 0. The fourth-order valence-corrected chi connectivity index (χ4v) is 3.69. The summed E-state index contributed by atoms with van der Waals surface area (Å²) in [5.74, 6) is -1.08. The van der Waals surface area contributed by atoms with E-state index in [9.17, 15) is 22.6 Å². The standard InChI is InChI=1S/C14H8ClNO5S/c15-9-5-8-10(11(16)14(9)22(19,20)21)13(18)7-4-2-1-3-6(7)12(8)17/h1-5H,16H2,(H,19,20,21). The molecule has 2 aromatic rings. The third-order valence-corrected chi connectivity index (χ3v) is 4.78. The van der Waals surface area contributed by atoms with Crippen molar-refractivity contribution >= 4 is 39.0 Å². The number of rotatable bonds is 1. The maximum atomic E-state index is 12.5. The number of hydrogen-bond acceptors (Lipinski definition) is 5. The van der Waals surface area contributed by atoms with Crippen LogP contribution in [0.3, 0.4) is 0 Å². The van der Waals surface area contributed by atoms with Crippen molar-refractivity contribution in [3.63, 3.8) is 0 Å². The van der Waals surface area contributed by atoms with Crippen LogP contribution in [0.15, 0.2) is 35.2 Å². The van der Waals surface area contributed by atoms with E-state index in [0.717, 1.165) is 6.07 Å². The minimum absolute atomic E-state index is 0.0846. The van der Waals surface area contributed by atoms with Gasteiger partial charge in [-0.1, -0.05) is 35.9 Å². The van der Waals surface area contributed by atoms with Crippen molar-refractivity contribution in [2.24, 2.45) is 0 Å². The molecule has 0 saturated heterocycles. The van der Waals surface area contributed by atoms with Gasteiger partial charge in [-0.25, -0.2) is 0 Å². The number of fused-ring (bicyclic) bond motifs is 2.